The Balaban J connectivity index is 1.94. The van der Waals surface area contributed by atoms with Gasteiger partial charge in [0.15, 0.2) is 0 Å². The van der Waals surface area contributed by atoms with E-state index in [1.807, 2.05) is 38.4 Å². The van der Waals surface area contributed by atoms with E-state index in [1.54, 1.807) is 29.2 Å². The van der Waals surface area contributed by atoms with Gasteiger partial charge in [0.1, 0.15) is 0 Å². The highest BCUT2D eigenvalue weighted by atomic mass is 35.5. The van der Waals surface area contributed by atoms with Gasteiger partial charge in [0.25, 0.3) is 0 Å². The number of anilines is 4. The molecule has 0 aliphatic rings. The summed E-state index contributed by atoms with van der Waals surface area (Å²) in [4.78, 5) is 28.1. The van der Waals surface area contributed by atoms with Crippen LogP contribution in [0.25, 0.3) is 0 Å². The number of amides is 3. The standard InChI is InChI=1S/C21H27Cl2N5O2/c1-27(2)15-20(29)24-17-4-3-5-18(14-17)26-21(30)25-16-6-8-19(9-7-16)28(12-10-22)13-11-23/h3-9,14H,10-13,15H2,1-2H3,(H,24,29)(H2,25,26,30). The van der Waals surface area contributed by atoms with Crippen molar-refractivity contribution >= 4 is 57.9 Å². The van der Waals surface area contributed by atoms with Gasteiger partial charge in [-0.15, -0.1) is 23.2 Å². The lowest BCUT2D eigenvalue weighted by atomic mass is 10.2. The second-order valence-electron chi connectivity index (χ2n) is 6.86. The number of nitrogens with zero attached hydrogens (tertiary/aromatic N) is 2. The zero-order chi connectivity index (χ0) is 21.9. The molecule has 3 N–H and O–H groups in total. The van der Waals surface area contributed by atoms with Gasteiger partial charge in [0.05, 0.1) is 6.54 Å². The maximum atomic E-state index is 12.3. The fourth-order valence-electron chi connectivity index (χ4n) is 2.79. The fourth-order valence-corrected chi connectivity index (χ4v) is 3.19. The maximum Gasteiger partial charge on any atom is 0.323 e. The number of likely N-dealkylation sites (N-methyl/N-ethyl adjacent to an activating group) is 1. The average molecular weight is 452 g/mol. The molecule has 2 aromatic carbocycles. The second-order valence-corrected chi connectivity index (χ2v) is 7.61. The first-order valence-corrected chi connectivity index (χ1v) is 10.6. The third kappa shape index (κ3) is 8.10. The lowest BCUT2D eigenvalue weighted by Gasteiger charge is -2.23. The zero-order valence-corrected chi connectivity index (χ0v) is 18.6. The number of nitrogens with one attached hydrogen (secondary N) is 3. The van der Waals surface area contributed by atoms with Crippen LogP contribution < -0.4 is 20.9 Å². The summed E-state index contributed by atoms with van der Waals surface area (Å²) in [6.07, 6.45) is 0. The molecule has 0 aliphatic carbocycles. The second kappa shape index (κ2) is 12.3. The number of alkyl halides is 2. The van der Waals surface area contributed by atoms with E-state index in [0.29, 0.717) is 41.9 Å². The van der Waals surface area contributed by atoms with E-state index in [-0.39, 0.29) is 18.5 Å². The van der Waals surface area contributed by atoms with Gasteiger partial charge in [-0.1, -0.05) is 6.07 Å². The van der Waals surface area contributed by atoms with Crippen molar-refractivity contribution in [3.8, 4) is 0 Å². The summed E-state index contributed by atoms with van der Waals surface area (Å²) < 4.78 is 0. The molecule has 0 atom stereocenters. The Morgan fingerprint density at radius 1 is 0.833 bits per heavy atom. The molecule has 0 saturated carbocycles. The number of urea groups is 1. The maximum absolute atomic E-state index is 12.3. The molecule has 0 heterocycles. The summed E-state index contributed by atoms with van der Waals surface area (Å²) in [5.41, 5.74) is 2.83. The van der Waals surface area contributed by atoms with Crippen molar-refractivity contribution < 1.29 is 9.59 Å². The van der Waals surface area contributed by atoms with Crippen LogP contribution in [0.15, 0.2) is 48.5 Å². The van der Waals surface area contributed by atoms with Crippen molar-refractivity contribution in [3.05, 3.63) is 48.5 Å². The molecule has 0 aliphatic heterocycles. The molecule has 0 spiro atoms. The van der Waals surface area contributed by atoms with Crippen molar-refractivity contribution in [2.45, 2.75) is 0 Å². The van der Waals surface area contributed by atoms with E-state index in [0.717, 1.165) is 5.69 Å². The van der Waals surface area contributed by atoms with Crippen LogP contribution in [0.4, 0.5) is 27.5 Å². The third-order valence-corrected chi connectivity index (χ3v) is 4.40. The number of carbonyl (C=O) groups excluding carboxylic acids is 2. The van der Waals surface area contributed by atoms with Gasteiger partial charge in [0.2, 0.25) is 5.91 Å². The van der Waals surface area contributed by atoms with E-state index in [4.69, 9.17) is 23.2 Å². The summed E-state index contributed by atoms with van der Waals surface area (Å²) in [5.74, 6) is 0.890. The number of rotatable bonds is 10. The van der Waals surface area contributed by atoms with Gasteiger partial charge in [-0.25, -0.2) is 4.79 Å². The van der Waals surface area contributed by atoms with Crippen molar-refractivity contribution in [1.29, 1.82) is 0 Å². The normalized spacial score (nSPS) is 10.6. The van der Waals surface area contributed by atoms with Crippen LogP contribution >= 0.6 is 23.2 Å². The Morgan fingerprint density at radius 3 is 1.97 bits per heavy atom. The highest BCUT2D eigenvalue weighted by Crippen LogP contribution is 2.19. The van der Waals surface area contributed by atoms with E-state index < -0.39 is 0 Å². The lowest BCUT2D eigenvalue weighted by Crippen LogP contribution is -2.27. The summed E-state index contributed by atoms with van der Waals surface area (Å²) in [6.45, 7) is 1.67. The minimum absolute atomic E-state index is 0.126. The molecule has 7 nitrogen and oxygen atoms in total. The number of benzene rings is 2. The topological polar surface area (TPSA) is 76.7 Å². The van der Waals surface area contributed by atoms with Crippen molar-refractivity contribution in [2.24, 2.45) is 0 Å². The van der Waals surface area contributed by atoms with E-state index in [9.17, 15) is 9.59 Å². The summed E-state index contributed by atoms with van der Waals surface area (Å²) in [6, 6.07) is 14.1. The molecule has 9 heteroatoms. The first-order valence-electron chi connectivity index (χ1n) is 9.51. The number of carbonyl (C=O) groups is 2. The minimum atomic E-state index is -0.377. The summed E-state index contributed by atoms with van der Waals surface area (Å²) >= 11 is 11.7. The Morgan fingerprint density at radius 2 is 1.40 bits per heavy atom. The number of hydrogen-bond donors (Lipinski definition) is 3. The molecule has 3 amide bonds. The van der Waals surface area contributed by atoms with Crippen LogP contribution in [-0.2, 0) is 4.79 Å². The van der Waals surface area contributed by atoms with Crippen molar-refractivity contribution in [3.63, 3.8) is 0 Å². The predicted octanol–water partition coefficient (Wildman–Crippen LogP) is 4.11. The summed E-state index contributed by atoms with van der Waals surface area (Å²) in [7, 11) is 3.64. The van der Waals surface area contributed by atoms with Gasteiger partial charge >= 0.3 is 6.03 Å². The molecule has 162 valence electrons. The van der Waals surface area contributed by atoms with Gasteiger partial charge in [0, 0.05) is 47.6 Å². The average Bonchev–Trinajstić information content (AvgIpc) is 2.68. The molecule has 2 rings (SSSR count). The highest BCUT2D eigenvalue weighted by molar-refractivity contribution is 6.18. The molecular weight excluding hydrogens is 425 g/mol. The minimum Gasteiger partial charge on any atom is -0.369 e. The van der Waals surface area contributed by atoms with Gasteiger partial charge < -0.3 is 25.8 Å². The van der Waals surface area contributed by atoms with Crippen LogP contribution in [0.3, 0.4) is 0 Å². The highest BCUT2D eigenvalue weighted by Gasteiger charge is 2.08. The number of halogens is 2. The van der Waals surface area contributed by atoms with Gasteiger partial charge in [-0.3, -0.25) is 4.79 Å². The lowest BCUT2D eigenvalue weighted by molar-refractivity contribution is -0.116. The Kier molecular flexibility index (Phi) is 9.73. The monoisotopic (exact) mass is 451 g/mol. The van der Waals surface area contributed by atoms with Crippen molar-refractivity contribution in [1.82, 2.24) is 4.90 Å². The third-order valence-electron chi connectivity index (χ3n) is 4.06. The molecule has 0 radical (unpaired) electrons. The van der Waals surface area contributed by atoms with Crippen LogP contribution in [0.2, 0.25) is 0 Å². The Labute approximate surface area is 187 Å². The summed E-state index contributed by atoms with van der Waals surface area (Å²) in [5, 5.41) is 8.36. The SMILES string of the molecule is CN(C)CC(=O)Nc1cccc(NC(=O)Nc2ccc(N(CCCl)CCCl)cc2)c1. The van der Waals surface area contributed by atoms with Crippen LogP contribution in [0.5, 0.6) is 0 Å². The smallest absolute Gasteiger partial charge is 0.323 e. The molecule has 0 saturated heterocycles. The van der Waals surface area contributed by atoms with E-state index >= 15 is 0 Å². The zero-order valence-electron chi connectivity index (χ0n) is 17.1. The van der Waals surface area contributed by atoms with Crippen LogP contribution in [-0.4, -0.2) is 62.3 Å². The van der Waals surface area contributed by atoms with Gasteiger partial charge in [-0.2, -0.15) is 0 Å². The van der Waals surface area contributed by atoms with E-state index in [1.165, 1.54) is 0 Å². The molecule has 2 aromatic rings. The van der Waals surface area contributed by atoms with Gasteiger partial charge in [-0.05, 0) is 56.6 Å². The van der Waals surface area contributed by atoms with Crippen LogP contribution in [0, 0.1) is 0 Å². The van der Waals surface area contributed by atoms with Crippen molar-refractivity contribution in [2.75, 3.05) is 66.3 Å². The molecule has 0 fully saturated rings. The number of hydrogen-bond acceptors (Lipinski definition) is 4. The molecule has 0 unspecified atom stereocenters. The Hall–Kier alpha value is -2.48. The van der Waals surface area contributed by atoms with E-state index in [2.05, 4.69) is 20.9 Å². The Bertz CT molecular complexity index is 824. The molecular formula is C21H27Cl2N5O2. The first kappa shape index (κ1) is 23.8. The quantitative estimate of drug-likeness (QED) is 0.474. The molecule has 30 heavy (non-hydrogen) atoms. The predicted molar refractivity (Wildman–Crippen MR) is 126 cm³/mol. The fraction of sp³-hybridized carbons (Fsp3) is 0.333. The molecule has 0 aromatic heterocycles. The first-order chi connectivity index (χ1) is 14.4. The van der Waals surface area contributed by atoms with Crippen LogP contribution in [0.1, 0.15) is 0 Å². The largest absolute Gasteiger partial charge is 0.369 e. The molecule has 0 bridgehead atoms.